The lowest BCUT2D eigenvalue weighted by molar-refractivity contribution is -0.325. The summed E-state index contributed by atoms with van der Waals surface area (Å²) in [5.74, 6) is -4.65. The van der Waals surface area contributed by atoms with Crippen LogP contribution in [0.4, 0.5) is 0 Å². The smallest absolute Gasteiger partial charge is 0.430 e. The van der Waals surface area contributed by atoms with Gasteiger partial charge < -0.3 is 18.9 Å². The van der Waals surface area contributed by atoms with Crippen LogP contribution in [0.25, 0.3) is 0 Å². The molecule has 2 amide bonds. The Morgan fingerprint density at radius 2 is 1.45 bits per heavy atom. The molecular weight excluding hydrogens is 565 g/mol. The minimum Gasteiger partial charge on any atom is -0.463 e. The fourth-order valence-corrected chi connectivity index (χ4v) is 5.24. The van der Waals surface area contributed by atoms with Crippen LogP contribution in [0.5, 0.6) is 0 Å². The number of carbonyl (C=O) groups is 5. The number of fused-ring (bicyclic) bond motifs is 1. The van der Waals surface area contributed by atoms with Gasteiger partial charge in [0.25, 0.3) is 0 Å². The van der Waals surface area contributed by atoms with Crippen LogP contribution in [0.2, 0.25) is 15.1 Å². The first-order chi connectivity index (χ1) is 17.8. The second kappa shape index (κ2) is 11.9. The van der Waals surface area contributed by atoms with E-state index in [1.165, 1.54) is 19.2 Å². The molecule has 2 aliphatic heterocycles. The molecule has 2 aliphatic rings. The van der Waals surface area contributed by atoms with E-state index in [1.807, 2.05) is 0 Å². The number of carbonyl (C=O) groups excluding carboxylic acids is 5. The molecule has 38 heavy (non-hydrogen) atoms. The quantitative estimate of drug-likeness (QED) is 0.117. The number of benzene rings is 1. The zero-order valence-electron chi connectivity index (χ0n) is 20.9. The molecule has 0 bridgehead atoms. The highest BCUT2D eigenvalue weighted by atomic mass is 35.5. The Morgan fingerprint density at radius 3 is 1.97 bits per heavy atom. The summed E-state index contributed by atoms with van der Waals surface area (Å²) in [6.07, 6.45) is -1.46. The molecule has 0 N–H and O–H groups in total. The number of hydrogen-bond acceptors (Lipinski definition) is 9. The number of amides is 2. The van der Waals surface area contributed by atoms with Gasteiger partial charge in [-0.25, -0.2) is 9.59 Å². The van der Waals surface area contributed by atoms with E-state index >= 15 is 0 Å². The highest BCUT2D eigenvalue weighted by Crippen LogP contribution is 2.41. The zero-order valence-corrected chi connectivity index (χ0v) is 23.2. The summed E-state index contributed by atoms with van der Waals surface area (Å²) in [5.41, 5.74) is 0.0376. The van der Waals surface area contributed by atoms with Crippen LogP contribution >= 0.6 is 34.8 Å². The van der Waals surface area contributed by atoms with Gasteiger partial charge in [-0.1, -0.05) is 45.5 Å². The molecular formula is C25H25Cl3NO9+. The molecule has 10 nitrogen and oxygen atoms in total. The normalized spacial score (nSPS) is 25.7. The SMILES string of the molecule is C=CC[C@@H]1O[C@H](COC(C)=O)[C@H](OC(C)=O)[C@H](OC(C)=O)C1C=[N+]1C(=O)c2c(Cl)c(C)c(Cl)c(Cl)c2C1=O. The summed E-state index contributed by atoms with van der Waals surface area (Å²) < 4.78 is 22.9. The molecule has 1 saturated heterocycles. The summed E-state index contributed by atoms with van der Waals surface area (Å²) in [7, 11) is 0. The number of imide groups is 1. The first-order valence-electron chi connectivity index (χ1n) is 11.4. The molecule has 13 heteroatoms. The Bertz CT molecular complexity index is 1210. The lowest BCUT2D eigenvalue weighted by Crippen LogP contribution is -2.59. The van der Waals surface area contributed by atoms with Crippen molar-refractivity contribution in [3.05, 3.63) is 44.4 Å². The molecule has 2 heterocycles. The van der Waals surface area contributed by atoms with E-state index in [0.29, 0.717) is 5.56 Å². The van der Waals surface area contributed by atoms with E-state index in [9.17, 15) is 24.0 Å². The summed E-state index contributed by atoms with van der Waals surface area (Å²) in [5, 5.41) is -0.122. The van der Waals surface area contributed by atoms with Gasteiger partial charge in [0, 0.05) is 20.8 Å². The number of nitrogens with zero attached hydrogens (tertiary/aromatic N) is 1. The highest BCUT2D eigenvalue weighted by Gasteiger charge is 2.54. The van der Waals surface area contributed by atoms with Crippen molar-refractivity contribution in [3.8, 4) is 0 Å². The molecule has 0 spiro atoms. The van der Waals surface area contributed by atoms with Gasteiger partial charge >= 0.3 is 29.7 Å². The standard InChI is InChI=1S/C25H25Cl3NO9/c1-6-7-15-14(8-29-24(33)17-18(25(29)34)21(28)20(27)10(2)19(17)26)22(36-12(4)31)23(37-13(5)32)16(38-15)9-35-11(3)30/h6,8,14-16,22-23H,1,7,9H2,2-5H3/q+1/t14?,15-,16+,22+,23-/m0/s1. The minimum absolute atomic E-state index is 0.0260. The first kappa shape index (κ1) is 29.8. The summed E-state index contributed by atoms with van der Waals surface area (Å²) >= 11 is 18.9. The molecule has 3 rings (SSSR count). The number of esters is 3. The van der Waals surface area contributed by atoms with Gasteiger partial charge in [0.05, 0.1) is 21.2 Å². The summed E-state index contributed by atoms with van der Waals surface area (Å²) in [4.78, 5) is 62.3. The molecule has 1 fully saturated rings. The van der Waals surface area contributed by atoms with Crippen molar-refractivity contribution in [2.24, 2.45) is 5.92 Å². The van der Waals surface area contributed by atoms with Crippen molar-refractivity contribution in [1.82, 2.24) is 0 Å². The molecule has 204 valence electrons. The Hall–Kier alpha value is -2.79. The van der Waals surface area contributed by atoms with E-state index in [1.54, 1.807) is 6.92 Å². The average Bonchev–Trinajstić information content (AvgIpc) is 3.08. The Kier molecular flexibility index (Phi) is 9.35. The molecule has 0 aliphatic carbocycles. The molecule has 1 aromatic carbocycles. The Labute approximate surface area is 233 Å². The van der Waals surface area contributed by atoms with Crippen LogP contribution in [0, 0.1) is 12.8 Å². The molecule has 0 aromatic heterocycles. The third-order valence-electron chi connectivity index (χ3n) is 6.03. The van der Waals surface area contributed by atoms with Crippen molar-refractivity contribution in [2.75, 3.05) is 6.61 Å². The number of ether oxygens (including phenoxy) is 4. The number of rotatable bonds is 7. The van der Waals surface area contributed by atoms with E-state index < -0.39 is 60.1 Å². The van der Waals surface area contributed by atoms with Crippen LogP contribution < -0.4 is 0 Å². The Morgan fingerprint density at radius 1 is 0.895 bits per heavy atom. The van der Waals surface area contributed by atoms with E-state index in [-0.39, 0.29) is 39.2 Å². The van der Waals surface area contributed by atoms with Crippen molar-refractivity contribution in [1.29, 1.82) is 0 Å². The van der Waals surface area contributed by atoms with Gasteiger partial charge in [-0.05, 0) is 18.9 Å². The summed E-state index contributed by atoms with van der Waals surface area (Å²) in [6.45, 7) is 8.43. The zero-order chi connectivity index (χ0) is 28.5. The predicted molar refractivity (Wildman–Crippen MR) is 136 cm³/mol. The van der Waals surface area contributed by atoms with Crippen LogP contribution in [-0.2, 0) is 33.3 Å². The van der Waals surface area contributed by atoms with Crippen LogP contribution in [0.15, 0.2) is 12.7 Å². The van der Waals surface area contributed by atoms with Gasteiger partial charge in [0.1, 0.15) is 29.8 Å². The number of hydrogen-bond donors (Lipinski definition) is 0. The maximum Gasteiger partial charge on any atom is 0.430 e. The monoisotopic (exact) mass is 588 g/mol. The van der Waals surface area contributed by atoms with Gasteiger partial charge in [-0.15, -0.1) is 6.58 Å². The minimum atomic E-state index is -1.25. The largest absolute Gasteiger partial charge is 0.463 e. The topological polar surface area (TPSA) is 125 Å². The molecule has 5 atom stereocenters. The fourth-order valence-electron chi connectivity index (χ4n) is 4.42. The van der Waals surface area contributed by atoms with Crippen molar-refractivity contribution < 1.29 is 47.5 Å². The van der Waals surface area contributed by atoms with Gasteiger partial charge in [0.15, 0.2) is 18.4 Å². The van der Waals surface area contributed by atoms with Gasteiger partial charge in [-0.2, -0.15) is 0 Å². The molecule has 1 unspecified atom stereocenters. The molecule has 0 radical (unpaired) electrons. The van der Waals surface area contributed by atoms with E-state index in [2.05, 4.69) is 6.58 Å². The number of halogens is 3. The van der Waals surface area contributed by atoms with Crippen molar-refractivity contribution in [3.63, 3.8) is 0 Å². The lowest BCUT2D eigenvalue weighted by Gasteiger charge is -2.43. The fraction of sp³-hybridized carbons (Fsp3) is 0.440. The second-order valence-electron chi connectivity index (χ2n) is 8.71. The second-order valence-corrected chi connectivity index (χ2v) is 9.85. The highest BCUT2D eigenvalue weighted by molar-refractivity contribution is 6.48. The van der Waals surface area contributed by atoms with Crippen molar-refractivity contribution in [2.45, 2.75) is 58.5 Å². The molecule has 0 saturated carbocycles. The first-order valence-corrected chi connectivity index (χ1v) is 12.6. The third-order valence-corrected chi connectivity index (χ3v) is 7.45. The van der Waals surface area contributed by atoms with Crippen molar-refractivity contribution >= 4 is 70.7 Å². The lowest BCUT2D eigenvalue weighted by atomic mass is 9.85. The van der Waals surface area contributed by atoms with Gasteiger partial charge in [0.2, 0.25) is 0 Å². The molecule has 1 aromatic rings. The van der Waals surface area contributed by atoms with Crippen LogP contribution in [0.1, 0.15) is 53.5 Å². The maximum atomic E-state index is 13.4. The maximum absolute atomic E-state index is 13.4. The summed E-state index contributed by atoms with van der Waals surface area (Å²) in [6, 6.07) is 0. The van der Waals surface area contributed by atoms with E-state index in [0.717, 1.165) is 18.4 Å². The third kappa shape index (κ3) is 5.78. The average molecular weight is 590 g/mol. The predicted octanol–water partition coefficient (Wildman–Crippen LogP) is 3.72. The van der Waals surface area contributed by atoms with E-state index in [4.69, 9.17) is 53.8 Å². The van der Waals surface area contributed by atoms with Gasteiger partial charge in [-0.3, -0.25) is 14.4 Å². The Balaban J connectivity index is 2.16. The van der Waals surface area contributed by atoms with Crippen LogP contribution in [0.3, 0.4) is 0 Å². The van der Waals surface area contributed by atoms with Crippen LogP contribution in [-0.4, -0.2) is 71.5 Å².